The lowest BCUT2D eigenvalue weighted by Gasteiger charge is -2.09. The Labute approximate surface area is 127 Å². The second kappa shape index (κ2) is 7.33. The van der Waals surface area contributed by atoms with Gasteiger partial charge in [-0.3, -0.25) is 9.59 Å². The van der Waals surface area contributed by atoms with Gasteiger partial charge in [0.2, 0.25) is 5.78 Å². The Morgan fingerprint density at radius 1 is 1.27 bits per heavy atom. The summed E-state index contributed by atoms with van der Waals surface area (Å²) < 4.78 is 10.3. The van der Waals surface area contributed by atoms with Crippen LogP contribution in [0.5, 0.6) is 11.5 Å². The Kier molecular flexibility index (Phi) is 5.21. The quantitative estimate of drug-likeness (QED) is 0.622. The van der Waals surface area contributed by atoms with Crippen LogP contribution in [0.1, 0.15) is 26.5 Å². The van der Waals surface area contributed by atoms with Crippen molar-refractivity contribution in [1.29, 1.82) is 0 Å². The number of pyridine rings is 1. The average Bonchev–Trinajstić information content (AvgIpc) is 2.53. The Balaban J connectivity index is 2.12. The highest BCUT2D eigenvalue weighted by atomic mass is 16.5. The third-order valence-corrected chi connectivity index (χ3v) is 2.90. The van der Waals surface area contributed by atoms with Crippen LogP contribution in [0.2, 0.25) is 0 Å². The maximum atomic E-state index is 11.7. The average molecular weight is 301 g/mol. The van der Waals surface area contributed by atoms with Crippen molar-refractivity contribution in [2.45, 2.75) is 6.61 Å². The smallest absolute Gasteiger partial charge is 0.206 e. The molecular weight excluding hydrogens is 286 g/mol. The third kappa shape index (κ3) is 3.67. The van der Waals surface area contributed by atoms with Gasteiger partial charge in [0, 0.05) is 7.11 Å². The fourth-order valence-corrected chi connectivity index (χ4v) is 1.85. The molecule has 0 amide bonds. The molecule has 6 nitrogen and oxygen atoms in total. The molecule has 1 N–H and O–H groups in total. The van der Waals surface area contributed by atoms with Gasteiger partial charge in [0.15, 0.2) is 6.29 Å². The Morgan fingerprint density at radius 2 is 2.05 bits per heavy atom. The first-order valence-corrected chi connectivity index (χ1v) is 6.53. The van der Waals surface area contributed by atoms with E-state index in [1.54, 1.807) is 30.3 Å². The van der Waals surface area contributed by atoms with E-state index in [1.807, 2.05) is 0 Å². The number of methoxy groups -OCH3 is 1. The molecule has 6 heteroatoms. The van der Waals surface area contributed by atoms with Crippen LogP contribution >= 0.6 is 0 Å². The van der Waals surface area contributed by atoms with Crippen LogP contribution < -0.4 is 4.74 Å². The number of hydrogen-bond acceptors (Lipinski definition) is 6. The zero-order valence-corrected chi connectivity index (χ0v) is 12.0. The lowest BCUT2D eigenvalue weighted by molar-refractivity contribution is 0.0842. The van der Waals surface area contributed by atoms with Crippen molar-refractivity contribution < 1.29 is 24.2 Å². The van der Waals surface area contributed by atoms with Crippen LogP contribution in [-0.2, 0) is 11.3 Å². The highest BCUT2D eigenvalue weighted by molar-refractivity contribution is 5.95. The van der Waals surface area contributed by atoms with Gasteiger partial charge in [-0.25, -0.2) is 4.98 Å². The summed E-state index contributed by atoms with van der Waals surface area (Å²) in [6.07, 6.45) is 0.524. The summed E-state index contributed by atoms with van der Waals surface area (Å²) in [6, 6.07) is 9.53. The maximum absolute atomic E-state index is 11.7. The first kappa shape index (κ1) is 15.7. The molecule has 0 unspecified atom stereocenters. The van der Waals surface area contributed by atoms with Gasteiger partial charge in [0.05, 0.1) is 11.3 Å². The van der Waals surface area contributed by atoms with E-state index in [0.29, 0.717) is 12.0 Å². The number of rotatable bonds is 7. The van der Waals surface area contributed by atoms with E-state index in [9.17, 15) is 14.7 Å². The number of carbonyl (C=O) groups is 2. The number of phenols is 1. The SMILES string of the molecule is COCC(=O)c1cccc(COc2cccc(O)c2C=O)n1. The number of benzene rings is 1. The lowest BCUT2D eigenvalue weighted by atomic mass is 10.2. The highest BCUT2D eigenvalue weighted by Crippen LogP contribution is 2.25. The van der Waals surface area contributed by atoms with Crippen LogP contribution in [0.25, 0.3) is 0 Å². The first-order valence-electron chi connectivity index (χ1n) is 6.53. The highest BCUT2D eigenvalue weighted by Gasteiger charge is 2.10. The summed E-state index contributed by atoms with van der Waals surface area (Å²) in [5.74, 6) is -0.120. The molecule has 0 saturated heterocycles. The molecule has 0 atom stereocenters. The van der Waals surface area contributed by atoms with Crippen molar-refractivity contribution in [1.82, 2.24) is 4.98 Å². The second-order valence-electron chi connectivity index (χ2n) is 4.47. The molecule has 1 heterocycles. The van der Waals surface area contributed by atoms with Gasteiger partial charge >= 0.3 is 0 Å². The van der Waals surface area contributed by atoms with Crippen LogP contribution in [0.4, 0.5) is 0 Å². The van der Waals surface area contributed by atoms with E-state index in [1.165, 1.54) is 13.2 Å². The minimum Gasteiger partial charge on any atom is -0.507 e. The van der Waals surface area contributed by atoms with Crippen molar-refractivity contribution in [2.75, 3.05) is 13.7 Å². The molecule has 0 aliphatic carbocycles. The van der Waals surface area contributed by atoms with Gasteiger partial charge in [-0.2, -0.15) is 0 Å². The fourth-order valence-electron chi connectivity index (χ4n) is 1.85. The summed E-state index contributed by atoms with van der Waals surface area (Å²) >= 11 is 0. The van der Waals surface area contributed by atoms with E-state index in [-0.39, 0.29) is 41.8 Å². The van der Waals surface area contributed by atoms with Crippen LogP contribution in [0.15, 0.2) is 36.4 Å². The summed E-state index contributed by atoms with van der Waals surface area (Å²) in [6.45, 7) is 0.0254. The minimum absolute atomic E-state index is 0.0425. The number of aromatic nitrogens is 1. The fraction of sp³-hybridized carbons (Fsp3) is 0.188. The van der Waals surface area contributed by atoms with Crippen LogP contribution in [0.3, 0.4) is 0 Å². The maximum Gasteiger partial charge on any atom is 0.206 e. The van der Waals surface area contributed by atoms with Gasteiger partial charge in [0.25, 0.3) is 0 Å². The molecule has 2 rings (SSSR count). The molecule has 0 aliphatic rings. The monoisotopic (exact) mass is 301 g/mol. The van der Waals surface area contributed by atoms with Crippen molar-refractivity contribution in [3.05, 3.63) is 53.3 Å². The van der Waals surface area contributed by atoms with Crippen LogP contribution in [-0.4, -0.2) is 35.9 Å². The van der Waals surface area contributed by atoms with Gasteiger partial charge in [-0.15, -0.1) is 0 Å². The number of ether oxygens (including phenoxy) is 2. The van der Waals surface area contributed by atoms with E-state index < -0.39 is 0 Å². The lowest BCUT2D eigenvalue weighted by Crippen LogP contribution is -2.11. The molecule has 0 radical (unpaired) electrons. The molecule has 1 aromatic heterocycles. The summed E-state index contributed by atoms with van der Waals surface area (Å²) in [4.78, 5) is 26.8. The first-order chi connectivity index (χ1) is 10.7. The van der Waals surface area contributed by atoms with E-state index in [4.69, 9.17) is 9.47 Å². The molecule has 22 heavy (non-hydrogen) atoms. The van der Waals surface area contributed by atoms with Crippen molar-refractivity contribution >= 4 is 12.1 Å². The Bertz CT molecular complexity index is 684. The van der Waals surface area contributed by atoms with Gasteiger partial charge in [-0.1, -0.05) is 12.1 Å². The number of ketones is 1. The van der Waals surface area contributed by atoms with Gasteiger partial charge < -0.3 is 14.6 Å². The number of nitrogens with zero attached hydrogens (tertiary/aromatic N) is 1. The molecular formula is C16H15NO5. The van der Waals surface area contributed by atoms with E-state index in [0.717, 1.165) is 0 Å². The topological polar surface area (TPSA) is 85.7 Å². The molecule has 1 aromatic carbocycles. The second-order valence-corrected chi connectivity index (χ2v) is 4.47. The van der Waals surface area contributed by atoms with Gasteiger partial charge in [-0.05, 0) is 24.3 Å². The molecule has 0 spiro atoms. The molecule has 0 saturated carbocycles. The number of carbonyl (C=O) groups excluding carboxylic acids is 2. The zero-order chi connectivity index (χ0) is 15.9. The molecule has 0 fully saturated rings. The number of aldehydes is 1. The zero-order valence-electron chi connectivity index (χ0n) is 12.0. The molecule has 0 bridgehead atoms. The Hall–Kier alpha value is -2.73. The van der Waals surface area contributed by atoms with E-state index >= 15 is 0 Å². The van der Waals surface area contributed by atoms with Crippen molar-refractivity contribution in [2.24, 2.45) is 0 Å². The third-order valence-electron chi connectivity index (χ3n) is 2.90. The molecule has 0 aliphatic heterocycles. The van der Waals surface area contributed by atoms with Crippen LogP contribution in [0, 0.1) is 0 Å². The van der Waals surface area contributed by atoms with E-state index in [2.05, 4.69) is 4.98 Å². The summed E-state index contributed by atoms with van der Waals surface area (Å²) in [5.41, 5.74) is 0.894. The number of aromatic hydroxyl groups is 1. The van der Waals surface area contributed by atoms with Crippen molar-refractivity contribution in [3.8, 4) is 11.5 Å². The molecule has 114 valence electrons. The normalized spacial score (nSPS) is 10.2. The number of hydrogen-bond donors (Lipinski definition) is 1. The molecule has 2 aromatic rings. The minimum atomic E-state index is -0.227. The predicted octanol–water partition coefficient (Wildman–Crippen LogP) is 2.01. The Morgan fingerprint density at radius 3 is 2.77 bits per heavy atom. The summed E-state index contributed by atoms with van der Waals surface area (Å²) in [7, 11) is 1.44. The summed E-state index contributed by atoms with van der Waals surface area (Å²) in [5, 5.41) is 9.58. The predicted molar refractivity (Wildman–Crippen MR) is 78.3 cm³/mol. The number of Topliss-reactive ketones (excluding diaryl/α,β-unsaturated/α-hetero) is 1. The van der Waals surface area contributed by atoms with Gasteiger partial charge in [0.1, 0.15) is 30.4 Å². The number of phenolic OH excluding ortho intramolecular Hbond substituents is 1. The van der Waals surface area contributed by atoms with Crippen molar-refractivity contribution in [3.63, 3.8) is 0 Å². The largest absolute Gasteiger partial charge is 0.507 e. The standard InChI is InChI=1S/C16H15NO5/c1-21-10-15(20)13-5-2-4-11(17-13)9-22-16-7-3-6-14(19)12(16)8-18/h2-8,19H,9-10H2,1H3.